The smallest absolute Gasteiger partial charge is 0.00156 e. The SMILES string of the molecule is C=C(C)/C(C)=C\c1c(CCCN2CCCCC2)ccc(C)c1C. The molecule has 1 fully saturated rings. The first-order chi connectivity index (χ1) is 11.0. The van der Waals surface area contributed by atoms with Crippen LogP contribution < -0.4 is 0 Å². The maximum atomic E-state index is 4.08. The van der Waals surface area contributed by atoms with E-state index in [1.165, 1.54) is 79.6 Å². The van der Waals surface area contributed by atoms with Crippen LogP contribution >= 0.6 is 0 Å². The molecule has 1 heterocycles. The van der Waals surface area contributed by atoms with E-state index in [4.69, 9.17) is 0 Å². The maximum Gasteiger partial charge on any atom is -0.00156 e. The molecule has 0 bridgehead atoms. The summed E-state index contributed by atoms with van der Waals surface area (Å²) in [7, 11) is 0. The fourth-order valence-corrected chi connectivity index (χ4v) is 3.33. The normalized spacial score (nSPS) is 16.6. The van der Waals surface area contributed by atoms with Crippen LogP contribution in [0.15, 0.2) is 29.9 Å². The summed E-state index contributed by atoms with van der Waals surface area (Å²) in [6.07, 6.45) is 8.96. The Balaban J connectivity index is 2.09. The highest BCUT2D eigenvalue weighted by Gasteiger charge is 2.11. The van der Waals surface area contributed by atoms with E-state index >= 15 is 0 Å². The Morgan fingerprint density at radius 2 is 1.83 bits per heavy atom. The highest BCUT2D eigenvalue weighted by Crippen LogP contribution is 2.24. The predicted molar refractivity (Wildman–Crippen MR) is 103 cm³/mol. The number of piperidine rings is 1. The monoisotopic (exact) mass is 311 g/mol. The predicted octanol–water partition coefficient (Wildman–Crippen LogP) is 5.70. The van der Waals surface area contributed by atoms with Gasteiger partial charge in [0.1, 0.15) is 0 Å². The van der Waals surface area contributed by atoms with Crippen molar-refractivity contribution in [3.05, 3.63) is 52.1 Å². The first kappa shape index (κ1) is 18.0. The molecular formula is C22H33N. The summed E-state index contributed by atoms with van der Waals surface area (Å²) in [5, 5.41) is 0. The number of aryl methyl sites for hydroxylation is 2. The third-order valence-corrected chi connectivity index (χ3v) is 5.28. The minimum Gasteiger partial charge on any atom is -0.303 e. The molecule has 2 rings (SSSR count). The summed E-state index contributed by atoms with van der Waals surface area (Å²) >= 11 is 0. The first-order valence-corrected chi connectivity index (χ1v) is 9.14. The zero-order chi connectivity index (χ0) is 16.8. The van der Waals surface area contributed by atoms with Gasteiger partial charge in [0.25, 0.3) is 0 Å². The van der Waals surface area contributed by atoms with E-state index in [2.05, 4.69) is 57.4 Å². The van der Waals surface area contributed by atoms with E-state index < -0.39 is 0 Å². The van der Waals surface area contributed by atoms with Crippen molar-refractivity contribution in [1.82, 2.24) is 4.90 Å². The Bertz CT molecular complexity index is 574. The first-order valence-electron chi connectivity index (χ1n) is 9.14. The summed E-state index contributed by atoms with van der Waals surface area (Å²) in [6.45, 7) is 16.6. The molecule has 0 N–H and O–H groups in total. The third kappa shape index (κ3) is 5.07. The van der Waals surface area contributed by atoms with Crippen LogP contribution in [0, 0.1) is 13.8 Å². The van der Waals surface area contributed by atoms with Gasteiger partial charge in [-0.2, -0.15) is 0 Å². The number of hydrogen-bond acceptors (Lipinski definition) is 1. The van der Waals surface area contributed by atoms with Crippen LogP contribution in [0.1, 0.15) is 61.8 Å². The molecular weight excluding hydrogens is 278 g/mol. The van der Waals surface area contributed by atoms with Gasteiger partial charge in [-0.3, -0.25) is 0 Å². The van der Waals surface area contributed by atoms with E-state index in [-0.39, 0.29) is 0 Å². The number of allylic oxidation sites excluding steroid dienone is 2. The minimum atomic E-state index is 1.16. The molecule has 0 amide bonds. The fourth-order valence-electron chi connectivity index (χ4n) is 3.33. The van der Waals surface area contributed by atoms with Gasteiger partial charge in [-0.05, 0) is 101 Å². The van der Waals surface area contributed by atoms with Crippen molar-refractivity contribution in [2.45, 2.75) is 59.8 Å². The lowest BCUT2D eigenvalue weighted by atomic mass is 9.92. The molecule has 0 unspecified atom stereocenters. The lowest BCUT2D eigenvalue weighted by Crippen LogP contribution is -2.30. The largest absolute Gasteiger partial charge is 0.303 e. The zero-order valence-electron chi connectivity index (χ0n) is 15.5. The Morgan fingerprint density at radius 3 is 2.48 bits per heavy atom. The summed E-state index contributed by atoms with van der Waals surface area (Å²) in [6, 6.07) is 4.61. The van der Waals surface area contributed by atoms with Gasteiger partial charge in [0.05, 0.1) is 0 Å². The number of hydrogen-bond donors (Lipinski definition) is 0. The molecule has 0 saturated carbocycles. The van der Waals surface area contributed by atoms with Gasteiger partial charge in [-0.1, -0.05) is 36.8 Å². The van der Waals surface area contributed by atoms with Crippen LogP contribution in [0.4, 0.5) is 0 Å². The molecule has 1 aromatic rings. The molecule has 0 aliphatic carbocycles. The van der Waals surface area contributed by atoms with E-state index in [1.54, 1.807) is 0 Å². The van der Waals surface area contributed by atoms with Gasteiger partial charge in [0.2, 0.25) is 0 Å². The maximum absolute atomic E-state index is 4.08. The molecule has 1 aliphatic rings. The van der Waals surface area contributed by atoms with Crippen LogP contribution in [0.3, 0.4) is 0 Å². The van der Waals surface area contributed by atoms with Crippen LogP contribution in [0.2, 0.25) is 0 Å². The van der Waals surface area contributed by atoms with E-state index in [0.29, 0.717) is 0 Å². The lowest BCUT2D eigenvalue weighted by molar-refractivity contribution is 0.226. The molecule has 1 saturated heterocycles. The van der Waals surface area contributed by atoms with Crippen LogP contribution in [0.5, 0.6) is 0 Å². The highest BCUT2D eigenvalue weighted by atomic mass is 15.1. The van der Waals surface area contributed by atoms with Crippen molar-refractivity contribution >= 4 is 6.08 Å². The van der Waals surface area contributed by atoms with Crippen LogP contribution in [-0.4, -0.2) is 24.5 Å². The van der Waals surface area contributed by atoms with Crippen molar-refractivity contribution in [3.63, 3.8) is 0 Å². The molecule has 126 valence electrons. The molecule has 1 heteroatoms. The summed E-state index contributed by atoms with van der Waals surface area (Å²) < 4.78 is 0. The lowest BCUT2D eigenvalue weighted by Gasteiger charge is -2.26. The van der Waals surface area contributed by atoms with Gasteiger partial charge in [0, 0.05) is 0 Å². The van der Waals surface area contributed by atoms with Gasteiger partial charge in [-0.15, -0.1) is 0 Å². The minimum absolute atomic E-state index is 1.16. The van der Waals surface area contributed by atoms with Crippen molar-refractivity contribution in [2.24, 2.45) is 0 Å². The second kappa shape index (κ2) is 8.49. The standard InChI is InChI=1S/C22H33N/c1-17(2)19(4)16-22-20(5)18(3)11-12-21(22)10-9-15-23-13-7-6-8-14-23/h11-12,16H,1,6-10,13-15H2,2-5H3/b19-16-. The molecule has 0 atom stereocenters. The fraction of sp³-hybridized carbons (Fsp3) is 0.545. The van der Waals surface area contributed by atoms with Gasteiger partial charge < -0.3 is 4.90 Å². The van der Waals surface area contributed by atoms with Crippen molar-refractivity contribution in [2.75, 3.05) is 19.6 Å². The van der Waals surface area contributed by atoms with Crippen LogP contribution in [0.25, 0.3) is 6.08 Å². The van der Waals surface area contributed by atoms with E-state index in [1.807, 2.05) is 0 Å². The summed E-state index contributed by atoms with van der Waals surface area (Å²) in [4.78, 5) is 2.64. The summed E-state index contributed by atoms with van der Waals surface area (Å²) in [5.74, 6) is 0. The molecule has 1 nitrogen and oxygen atoms in total. The molecule has 1 aromatic carbocycles. The number of likely N-dealkylation sites (tertiary alicyclic amines) is 1. The quantitative estimate of drug-likeness (QED) is 0.609. The molecule has 0 radical (unpaired) electrons. The zero-order valence-corrected chi connectivity index (χ0v) is 15.5. The highest BCUT2D eigenvalue weighted by molar-refractivity contribution is 5.64. The van der Waals surface area contributed by atoms with E-state index in [0.717, 1.165) is 5.57 Å². The Labute approximate surface area is 143 Å². The number of benzene rings is 1. The molecule has 0 spiro atoms. The topological polar surface area (TPSA) is 3.24 Å². The molecule has 1 aliphatic heterocycles. The van der Waals surface area contributed by atoms with Gasteiger partial charge in [-0.25, -0.2) is 0 Å². The van der Waals surface area contributed by atoms with Gasteiger partial charge >= 0.3 is 0 Å². The van der Waals surface area contributed by atoms with E-state index in [9.17, 15) is 0 Å². The Morgan fingerprint density at radius 1 is 1.13 bits per heavy atom. The van der Waals surface area contributed by atoms with Crippen molar-refractivity contribution < 1.29 is 0 Å². The Hall–Kier alpha value is -1.34. The molecule has 23 heavy (non-hydrogen) atoms. The van der Waals surface area contributed by atoms with Crippen molar-refractivity contribution in [1.29, 1.82) is 0 Å². The molecule has 0 aromatic heterocycles. The Kier molecular flexibility index (Phi) is 6.65. The van der Waals surface area contributed by atoms with Crippen molar-refractivity contribution in [3.8, 4) is 0 Å². The number of nitrogens with zero attached hydrogens (tertiary/aromatic N) is 1. The second-order valence-electron chi connectivity index (χ2n) is 7.19. The van der Waals surface area contributed by atoms with Gasteiger partial charge in [0.15, 0.2) is 0 Å². The summed E-state index contributed by atoms with van der Waals surface area (Å²) in [5.41, 5.74) is 8.16. The average molecular weight is 312 g/mol. The van der Waals surface area contributed by atoms with Crippen LogP contribution in [-0.2, 0) is 6.42 Å². The second-order valence-corrected chi connectivity index (χ2v) is 7.19. The average Bonchev–Trinajstić information content (AvgIpc) is 2.54. The third-order valence-electron chi connectivity index (χ3n) is 5.28. The number of rotatable bonds is 6.